The van der Waals surface area contributed by atoms with Crippen molar-refractivity contribution < 1.29 is 9.18 Å². The van der Waals surface area contributed by atoms with Crippen molar-refractivity contribution in [3.05, 3.63) is 33.6 Å². The van der Waals surface area contributed by atoms with Crippen LogP contribution in [0.15, 0.2) is 12.1 Å². The summed E-state index contributed by atoms with van der Waals surface area (Å²) >= 11 is 11.8. The Morgan fingerprint density at radius 2 is 2.18 bits per heavy atom. The van der Waals surface area contributed by atoms with Gasteiger partial charge in [0.1, 0.15) is 5.82 Å². The Morgan fingerprint density at radius 3 is 2.76 bits per heavy atom. The minimum atomic E-state index is -0.424. The molecule has 1 fully saturated rings. The molecule has 1 unspecified atom stereocenters. The van der Waals surface area contributed by atoms with E-state index < -0.39 is 5.82 Å². The van der Waals surface area contributed by atoms with E-state index in [1.165, 1.54) is 12.1 Å². The van der Waals surface area contributed by atoms with E-state index in [1.807, 2.05) is 6.92 Å². The van der Waals surface area contributed by atoms with Gasteiger partial charge in [0, 0.05) is 18.0 Å². The summed E-state index contributed by atoms with van der Waals surface area (Å²) in [5.74, 6) is -0.372. The Balaban J connectivity index is 2.25. The third kappa shape index (κ3) is 2.40. The Labute approximate surface area is 109 Å². The zero-order valence-corrected chi connectivity index (χ0v) is 10.9. The van der Waals surface area contributed by atoms with Crippen molar-refractivity contribution >= 4 is 29.1 Å². The lowest BCUT2D eigenvalue weighted by molar-refractivity contribution is -0.131. The number of likely N-dealkylation sites (tertiary alicyclic amines) is 1. The predicted molar refractivity (Wildman–Crippen MR) is 65.6 cm³/mol. The maximum absolute atomic E-state index is 13.6. The summed E-state index contributed by atoms with van der Waals surface area (Å²) in [6.45, 7) is 2.70. The number of benzene rings is 1. The van der Waals surface area contributed by atoms with E-state index in [0.717, 1.165) is 6.42 Å². The van der Waals surface area contributed by atoms with Crippen LogP contribution in [0.3, 0.4) is 0 Å². The molecule has 1 heterocycles. The van der Waals surface area contributed by atoms with Gasteiger partial charge in [-0.05, 0) is 18.6 Å². The van der Waals surface area contributed by atoms with E-state index in [1.54, 1.807) is 4.90 Å². The number of halogens is 3. The zero-order chi connectivity index (χ0) is 12.6. The van der Waals surface area contributed by atoms with Crippen LogP contribution in [-0.2, 0) is 11.3 Å². The molecular formula is C12H12Cl2FNO. The molecule has 0 aliphatic carbocycles. The van der Waals surface area contributed by atoms with E-state index in [-0.39, 0.29) is 23.4 Å². The molecule has 0 N–H and O–H groups in total. The second-order valence-electron chi connectivity index (χ2n) is 4.27. The summed E-state index contributed by atoms with van der Waals surface area (Å²) in [6.07, 6.45) is 0.804. The molecule has 1 atom stereocenters. The molecule has 5 heteroatoms. The molecule has 1 amide bonds. The summed E-state index contributed by atoms with van der Waals surface area (Å²) in [6, 6.07) is 2.69. The number of hydrogen-bond acceptors (Lipinski definition) is 1. The van der Waals surface area contributed by atoms with Crippen molar-refractivity contribution in [2.45, 2.75) is 19.9 Å². The fourth-order valence-electron chi connectivity index (χ4n) is 1.96. The molecule has 0 saturated carbocycles. The highest BCUT2D eigenvalue weighted by Crippen LogP contribution is 2.30. The molecule has 1 aliphatic heterocycles. The maximum Gasteiger partial charge on any atom is 0.225 e. The van der Waals surface area contributed by atoms with E-state index >= 15 is 0 Å². The molecule has 2 rings (SSSR count). The summed E-state index contributed by atoms with van der Waals surface area (Å²) < 4.78 is 13.6. The van der Waals surface area contributed by atoms with Crippen LogP contribution in [0, 0.1) is 11.7 Å². The molecule has 1 aliphatic rings. The quantitative estimate of drug-likeness (QED) is 0.757. The highest BCUT2D eigenvalue weighted by Gasteiger charge is 2.29. The molecule has 1 aromatic rings. The molecule has 2 nitrogen and oxygen atoms in total. The monoisotopic (exact) mass is 275 g/mol. The van der Waals surface area contributed by atoms with Gasteiger partial charge in [0.05, 0.1) is 16.6 Å². The molecule has 1 aromatic carbocycles. The van der Waals surface area contributed by atoms with Crippen LogP contribution in [0.2, 0.25) is 10.0 Å². The maximum atomic E-state index is 13.6. The molecule has 17 heavy (non-hydrogen) atoms. The molecule has 0 bridgehead atoms. The molecule has 0 spiro atoms. The van der Waals surface area contributed by atoms with Crippen LogP contribution >= 0.6 is 23.2 Å². The van der Waals surface area contributed by atoms with Gasteiger partial charge in [0.15, 0.2) is 0 Å². The van der Waals surface area contributed by atoms with E-state index in [4.69, 9.17) is 23.2 Å². The van der Waals surface area contributed by atoms with Crippen LogP contribution in [0.4, 0.5) is 4.39 Å². The molecular weight excluding hydrogens is 264 g/mol. The van der Waals surface area contributed by atoms with Gasteiger partial charge in [-0.2, -0.15) is 0 Å². The molecule has 92 valence electrons. The van der Waals surface area contributed by atoms with Crippen molar-refractivity contribution in [2.24, 2.45) is 5.92 Å². The van der Waals surface area contributed by atoms with Crippen LogP contribution in [0.5, 0.6) is 0 Å². The summed E-state index contributed by atoms with van der Waals surface area (Å²) in [4.78, 5) is 13.4. The smallest absolute Gasteiger partial charge is 0.225 e. The van der Waals surface area contributed by atoms with Gasteiger partial charge in [0.2, 0.25) is 5.91 Å². The third-order valence-electron chi connectivity index (χ3n) is 3.05. The minimum absolute atomic E-state index is 0.0102. The lowest BCUT2D eigenvalue weighted by Crippen LogP contribution is -2.26. The summed E-state index contributed by atoms with van der Waals surface area (Å²) in [7, 11) is 0. The van der Waals surface area contributed by atoms with Crippen LogP contribution in [0.1, 0.15) is 18.9 Å². The first-order chi connectivity index (χ1) is 8.00. The molecule has 0 radical (unpaired) electrons. The number of nitrogens with zero attached hydrogens (tertiary/aromatic N) is 1. The van der Waals surface area contributed by atoms with Gasteiger partial charge >= 0.3 is 0 Å². The first-order valence-corrected chi connectivity index (χ1v) is 6.17. The normalized spacial score (nSPS) is 20.1. The van der Waals surface area contributed by atoms with E-state index in [0.29, 0.717) is 17.1 Å². The number of hydrogen-bond donors (Lipinski definition) is 0. The number of amides is 1. The van der Waals surface area contributed by atoms with Gasteiger partial charge in [-0.15, -0.1) is 0 Å². The van der Waals surface area contributed by atoms with E-state index in [2.05, 4.69) is 0 Å². The first-order valence-electron chi connectivity index (χ1n) is 5.42. The zero-order valence-electron chi connectivity index (χ0n) is 9.34. The Hall–Kier alpha value is -0.800. The Morgan fingerprint density at radius 1 is 1.47 bits per heavy atom. The molecule has 1 saturated heterocycles. The number of carbonyl (C=O) groups is 1. The highest BCUT2D eigenvalue weighted by molar-refractivity contribution is 6.42. The van der Waals surface area contributed by atoms with Crippen molar-refractivity contribution in [3.8, 4) is 0 Å². The van der Waals surface area contributed by atoms with Crippen LogP contribution in [-0.4, -0.2) is 17.4 Å². The molecule has 0 aromatic heterocycles. The minimum Gasteiger partial charge on any atom is -0.338 e. The second kappa shape index (κ2) is 4.83. The Bertz CT molecular complexity index is 464. The summed E-state index contributed by atoms with van der Waals surface area (Å²) in [5, 5.41) is 0.502. The lowest BCUT2D eigenvalue weighted by Gasteiger charge is -2.17. The van der Waals surface area contributed by atoms with Crippen molar-refractivity contribution in [1.82, 2.24) is 4.90 Å². The average Bonchev–Trinajstić information content (AvgIpc) is 2.61. The highest BCUT2D eigenvalue weighted by atomic mass is 35.5. The summed E-state index contributed by atoms with van der Waals surface area (Å²) in [5.41, 5.74) is 0.293. The third-order valence-corrected chi connectivity index (χ3v) is 3.90. The van der Waals surface area contributed by atoms with Crippen molar-refractivity contribution in [3.63, 3.8) is 0 Å². The van der Waals surface area contributed by atoms with Crippen LogP contribution < -0.4 is 0 Å². The number of carbonyl (C=O) groups excluding carboxylic acids is 1. The van der Waals surface area contributed by atoms with Gasteiger partial charge in [-0.1, -0.05) is 30.1 Å². The largest absolute Gasteiger partial charge is 0.338 e. The SMILES string of the molecule is CC1CCN(Cc2c(F)ccc(Cl)c2Cl)C1=O. The van der Waals surface area contributed by atoms with Gasteiger partial charge in [-0.25, -0.2) is 4.39 Å². The Kier molecular flexibility index (Phi) is 3.59. The van der Waals surface area contributed by atoms with Crippen molar-refractivity contribution in [2.75, 3.05) is 6.54 Å². The fraction of sp³-hybridized carbons (Fsp3) is 0.417. The lowest BCUT2D eigenvalue weighted by atomic mass is 10.1. The fourth-order valence-corrected chi connectivity index (χ4v) is 2.35. The van der Waals surface area contributed by atoms with Gasteiger partial charge in [-0.3, -0.25) is 4.79 Å². The van der Waals surface area contributed by atoms with E-state index in [9.17, 15) is 9.18 Å². The van der Waals surface area contributed by atoms with Gasteiger partial charge < -0.3 is 4.90 Å². The van der Waals surface area contributed by atoms with Crippen molar-refractivity contribution in [1.29, 1.82) is 0 Å². The predicted octanol–water partition coefficient (Wildman–Crippen LogP) is 3.50. The average molecular weight is 276 g/mol. The standard InChI is InChI=1S/C12H12Cl2FNO/c1-7-4-5-16(12(7)17)6-8-10(15)3-2-9(13)11(8)14/h2-3,7H,4-6H2,1H3. The first kappa shape index (κ1) is 12.7. The van der Waals surface area contributed by atoms with Gasteiger partial charge in [0.25, 0.3) is 0 Å². The second-order valence-corrected chi connectivity index (χ2v) is 5.06. The number of rotatable bonds is 2. The van der Waals surface area contributed by atoms with Crippen LogP contribution in [0.25, 0.3) is 0 Å². The topological polar surface area (TPSA) is 20.3 Å².